The van der Waals surface area contributed by atoms with Gasteiger partial charge in [-0.3, -0.25) is 4.79 Å². The number of rotatable bonds is 6. The second kappa shape index (κ2) is 9.58. The van der Waals surface area contributed by atoms with Gasteiger partial charge in [0, 0.05) is 15.6 Å². The van der Waals surface area contributed by atoms with Crippen LogP contribution in [-0.4, -0.2) is 16.0 Å². The van der Waals surface area contributed by atoms with E-state index in [0.29, 0.717) is 42.1 Å². The highest BCUT2D eigenvalue weighted by Gasteiger charge is 2.15. The minimum absolute atomic E-state index is 0.0968. The number of nitrogens with zero attached hydrogens (tertiary/aromatic N) is 2. The summed E-state index contributed by atoms with van der Waals surface area (Å²) in [6.07, 6.45) is 1.84. The van der Waals surface area contributed by atoms with Crippen LogP contribution in [0.4, 0.5) is 0 Å². The number of ether oxygens (including phenoxy) is 2. The summed E-state index contributed by atoms with van der Waals surface area (Å²) in [4.78, 5) is 18.3. The van der Waals surface area contributed by atoms with E-state index in [1.54, 1.807) is 16.5 Å². The van der Waals surface area contributed by atoms with Gasteiger partial charge in [0.15, 0.2) is 16.5 Å². The van der Waals surface area contributed by atoms with Crippen LogP contribution in [0.2, 0.25) is 10.0 Å². The van der Waals surface area contributed by atoms with Gasteiger partial charge in [-0.1, -0.05) is 52.7 Å². The molecule has 0 aliphatic carbocycles. The van der Waals surface area contributed by atoms with E-state index in [1.165, 1.54) is 11.3 Å². The number of fused-ring (bicyclic) bond motifs is 3. The smallest absolute Gasteiger partial charge is 0.274 e. The van der Waals surface area contributed by atoms with Crippen molar-refractivity contribution in [1.29, 1.82) is 0 Å². The van der Waals surface area contributed by atoms with E-state index in [2.05, 4.69) is 20.9 Å². The molecule has 0 saturated carbocycles. The fraction of sp³-hybridized carbons (Fsp3) is 0.120. The lowest BCUT2D eigenvalue weighted by Crippen LogP contribution is -2.22. The summed E-state index contributed by atoms with van der Waals surface area (Å²) in [5.74, 6) is 1.12. The van der Waals surface area contributed by atoms with Crippen molar-refractivity contribution in [3.8, 4) is 11.5 Å². The third kappa shape index (κ3) is 4.41. The maximum atomic E-state index is 13.1. The first-order valence-electron chi connectivity index (χ1n) is 10.4. The normalized spacial score (nSPS) is 12.1. The molecule has 0 aliphatic heterocycles. The molecule has 0 atom stereocenters. The second-order valence-corrected chi connectivity index (χ2v) is 10.1. The van der Waals surface area contributed by atoms with Gasteiger partial charge in [-0.2, -0.15) is 0 Å². The van der Waals surface area contributed by atoms with Gasteiger partial charge in [0.05, 0.1) is 26.6 Å². The van der Waals surface area contributed by atoms with Gasteiger partial charge in [-0.25, -0.2) is 9.38 Å². The second-order valence-electron chi connectivity index (χ2n) is 7.42. The molecule has 5 rings (SSSR count). The minimum atomic E-state index is -0.0968. The number of hydrogen-bond acceptors (Lipinski definition) is 5. The molecule has 3 aromatic carbocycles. The number of halogens is 3. The average Bonchev–Trinajstić information content (AvgIpc) is 3.30. The number of thiazole rings is 1. The lowest BCUT2D eigenvalue weighted by molar-refractivity contribution is 0.267. The average molecular weight is 576 g/mol. The highest BCUT2D eigenvalue weighted by Crippen LogP contribution is 2.38. The van der Waals surface area contributed by atoms with Crippen molar-refractivity contribution >= 4 is 72.5 Å². The number of para-hydroxylation sites is 2. The van der Waals surface area contributed by atoms with Gasteiger partial charge in [0.2, 0.25) is 0 Å². The monoisotopic (exact) mass is 574 g/mol. The van der Waals surface area contributed by atoms with Gasteiger partial charge >= 0.3 is 0 Å². The molecule has 34 heavy (non-hydrogen) atoms. The first-order valence-corrected chi connectivity index (χ1v) is 12.8. The Morgan fingerprint density at radius 2 is 1.94 bits per heavy atom. The van der Waals surface area contributed by atoms with Crippen molar-refractivity contribution < 1.29 is 9.47 Å². The molecule has 9 heteroatoms. The maximum absolute atomic E-state index is 13.1. The SMILES string of the molecule is CCOc1cc(/C=c2\sc3nc4ccccc4n3c2=O)cc(Br)c1OCc1ccc(Cl)cc1Cl. The van der Waals surface area contributed by atoms with Crippen LogP contribution in [0.25, 0.3) is 22.1 Å². The third-order valence-electron chi connectivity index (χ3n) is 5.16. The van der Waals surface area contributed by atoms with Crippen LogP contribution in [-0.2, 0) is 6.61 Å². The molecular weight excluding hydrogens is 559 g/mol. The fourth-order valence-electron chi connectivity index (χ4n) is 3.63. The molecule has 0 aliphatic rings. The van der Waals surface area contributed by atoms with E-state index < -0.39 is 0 Å². The van der Waals surface area contributed by atoms with Gasteiger partial charge in [-0.05, 0) is 70.9 Å². The topological polar surface area (TPSA) is 52.8 Å². The lowest BCUT2D eigenvalue weighted by Gasteiger charge is -2.15. The Morgan fingerprint density at radius 1 is 1.12 bits per heavy atom. The summed E-state index contributed by atoms with van der Waals surface area (Å²) in [5, 5.41) is 1.10. The van der Waals surface area contributed by atoms with Crippen molar-refractivity contribution in [1.82, 2.24) is 9.38 Å². The highest BCUT2D eigenvalue weighted by atomic mass is 79.9. The summed E-state index contributed by atoms with van der Waals surface area (Å²) >= 11 is 17.2. The van der Waals surface area contributed by atoms with Gasteiger partial charge < -0.3 is 9.47 Å². The molecule has 0 spiro atoms. The zero-order valence-electron chi connectivity index (χ0n) is 17.8. The maximum Gasteiger partial charge on any atom is 0.274 e. The van der Waals surface area contributed by atoms with Gasteiger partial charge in [0.25, 0.3) is 5.56 Å². The molecule has 0 saturated heterocycles. The van der Waals surface area contributed by atoms with Crippen molar-refractivity contribution in [3.05, 3.63) is 95.1 Å². The van der Waals surface area contributed by atoms with Gasteiger partial charge in [0.1, 0.15) is 6.61 Å². The summed E-state index contributed by atoms with van der Waals surface area (Å²) in [6, 6.07) is 16.6. The Balaban J connectivity index is 1.52. The molecule has 0 radical (unpaired) electrons. The Morgan fingerprint density at radius 3 is 2.74 bits per heavy atom. The number of hydrogen-bond donors (Lipinski definition) is 0. The van der Waals surface area contributed by atoms with E-state index >= 15 is 0 Å². The summed E-state index contributed by atoms with van der Waals surface area (Å²) in [6.45, 7) is 2.61. The summed E-state index contributed by atoms with van der Waals surface area (Å²) in [5.41, 5.74) is 3.13. The van der Waals surface area contributed by atoms with Crippen LogP contribution in [0.1, 0.15) is 18.1 Å². The fourth-order valence-corrected chi connectivity index (χ4v) is 5.65. The molecular formula is C25H17BrCl2N2O3S. The van der Waals surface area contributed by atoms with Crippen LogP contribution < -0.4 is 19.6 Å². The molecule has 2 heterocycles. The number of benzene rings is 3. The Bertz CT molecular complexity index is 1650. The van der Waals surface area contributed by atoms with Crippen LogP contribution in [0.5, 0.6) is 11.5 Å². The Labute approximate surface area is 217 Å². The molecule has 0 fully saturated rings. The number of aromatic nitrogens is 2. The Hall–Kier alpha value is -2.58. The van der Waals surface area contributed by atoms with Crippen LogP contribution in [0, 0.1) is 0 Å². The van der Waals surface area contributed by atoms with Crippen molar-refractivity contribution in [3.63, 3.8) is 0 Å². The predicted molar refractivity (Wildman–Crippen MR) is 142 cm³/mol. The molecule has 0 bridgehead atoms. The van der Waals surface area contributed by atoms with E-state index in [9.17, 15) is 4.79 Å². The first kappa shape index (κ1) is 23.2. The van der Waals surface area contributed by atoms with E-state index in [4.69, 9.17) is 32.7 Å². The predicted octanol–water partition coefficient (Wildman–Crippen LogP) is 6.50. The number of imidazole rings is 1. The zero-order chi connectivity index (χ0) is 23.8. The molecule has 5 nitrogen and oxygen atoms in total. The van der Waals surface area contributed by atoms with Crippen molar-refractivity contribution in [2.24, 2.45) is 0 Å². The molecule has 172 valence electrons. The largest absolute Gasteiger partial charge is 0.490 e. The lowest BCUT2D eigenvalue weighted by atomic mass is 10.2. The van der Waals surface area contributed by atoms with Gasteiger partial charge in [-0.15, -0.1) is 0 Å². The van der Waals surface area contributed by atoms with Crippen molar-refractivity contribution in [2.45, 2.75) is 13.5 Å². The molecule has 2 aromatic heterocycles. The molecule has 5 aromatic rings. The molecule has 0 amide bonds. The summed E-state index contributed by atoms with van der Waals surface area (Å²) in [7, 11) is 0. The van der Waals surface area contributed by atoms with Crippen LogP contribution in [0.15, 0.2) is 63.9 Å². The van der Waals surface area contributed by atoms with Crippen LogP contribution in [0.3, 0.4) is 0 Å². The standard InChI is InChI=1S/C25H17BrCl2N2O3S/c1-2-32-21-10-14(9-17(26)23(21)33-13-15-7-8-16(27)12-18(15)28)11-22-24(31)30-20-6-4-3-5-19(20)29-25(30)34-22/h3-12H,2,13H2,1H3/b22-11-. The van der Waals surface area contributed by atoms with Crippen molar-refractivity contribution in [2.75, 3.05) is 6.61 Å². The minimum Gasteiger partial charge on any atom is -0.490 e. The Kier molecular flexibility index (Phi) is 6.53. The first-order chi connectivity index (χ1) is 16.4. The van der Waals surface area contributed by atoms with E-state index in [0.717, 1.165) is 22.2 Å². The zero-order valence-corrected chi connectivity index (χ0v) is 21.8. The highest BCUT2D eigenvalue weighted by molar-refractivity contribution is 9.10. The summed E-state index contributed by atoms with van der Waals surface area (Å²) < 4.78 is 14.8. The van der Waals surface area contributed by atoms with E-state index in [-0.39, 0.29) is 12.2 Å². The van der Waals surface area contributed by atoms with E-state index in [1.807, 2.05) is 55.5 Å². The quantitative estimate of drug-likeness (QED) is 0.232. The molecule has 0 N–H and O–H groups in total. The molecule has 0 unspecified atom stereocenters. The third-order valence-corrected chi connectivity index (χ3v) is 7.31. The van der Waals surface area contributed by atoms with Crippen LogP contribution >= 0.6 is 50.5 Å².